The maximum Gasteiger partial charge on any atom is 0.329 e. The Kier molecular flexibility index (Phi) is 5.79. The third-order valence-electron chi connectivity index (χ3n) is 5.77. The number of rotatable bonds is 8. The molecule has 1 saturated carbocycles. The second-order valence-electron chi connectivity index (χ2n) is 8.13. The molecule has 0 unspecified atom stereocenters. The normalized spacial score (nSPS) is 19.6. The molecule has 9 heteroatoms. The third kappa shape index (κ3) is 4.78. The first-order valence-electron chi connectivity index (χ1n) is 10.3. The molecule has 0 spiro atoms. The van der Waals surface area contributed by atoms with Crippen molar-refractivity contribution in [2.75, 3.05) is 18.8 Å². The van der Waals surface area contributed by atoms with E-state index in [-0.39, 0.29) is 12.0 Å². The van der Waals surface area contributed by atoms with Gasteiger partial charge in [-0.15, -0.1) is 0 Å². The van der Waals surface area contributed by atoms with E-state index in [0.717, 1.165) is 24.2 Å². The van der Waals surface area contributed by atoms with Gasteiger partial charge in [0, 0.05) is 30.4 Å². The molecule has 164 valence electrons. The average Bonchev–Trinajstić information content (AvgIpc) is 3.54. The summed E-state index contributed by atoms with van der Waals surface area (Å²) in [5.41, 5.74) is 6.51. The Hall–Kier alpha value is -3.17. The van der Waals surface area contributed by atoms with E-state index in [9.17, 15) is 19.8 Å². The molecule has 1 aromatic heterocycles. The Balaban J connectivity index is 1.28. The lowest BCUT2D eigenvalue weighted by Crippen LogP contribution is -2.43. The molecular weight excluding hydrogens is 400 g/mol. The molecular formula is C22H26N4O5. The molecule has 0 radical (unpaired) electrons. The first-order valence-corrected chi connectivity index (χ1v) is 10.3. The highest BCUT2D eigenvalue weighted by atomic mass is 16.5. The standard InChI is InChI=1S/C22H26N4O5/c23-19-6-3-15(10-25-19)17(27)12-24-11-16-4-1-13-9-14(2-5-18(13)31-16)20(28)26-22(7-8-22)21(29)30/h2-3,5-6,9-10,16-17,24,27H,1,4,7-8,11-12H2,(H2,23,25)(H,26,28)(H,29,30)/t16-,17+/m1/s1. The van der Waals surface area contributed by atoms with Crippen molar-refractivity contribution in [3.05, 3.63) is 53.2 Å². The number of carbonyl (C=O) groups excluding carboxylic acids is 1. The van der Waals surface area contributed by atoms with Crippen molar-refractivity contribution < 1.29 is 24.5 Å². The molecule has 2 aliphatic rings. The van der Waals surface area contributed by atoms with Crippen molar-refractivity contribution in [3.63, 3.8) is 0 Å². The van der Waals surface area contributed by atoms with Gasteiger partial charge in [-0.1, -0.05) is 6.07 Å². The summed E-state index contributed by atoms with van der Waals surface area (Å²) >= 11 is 0. The number of fused-ring (bicyclic) bond motifs is 1. The molecule has 1 fully saturated rings. The maximum atomic E-state index is 12.4. The molecule has 4 rings (SSSR count). The number of amides is 1. The average molecular weight is 426 g/mol. The number of aliphatic carboxylic acids is 1. The number of nitrogen functional groups attached to an aromatic ring is 1. The van der Waals surface area contributed by atoms with Gasteiger partial charge in [0.15, 0.2) is 0 Å². The fourth-order valence-corrected chi connectivity index (χ4v) is 3.65. The summed E-state index contributed by atoms with van der Waals surface area (Å²) in [6, 6.07) is 8.58. The quantitative estimate of drug-likeness (QED) is 0.420. The lowest BCUT2D eigenvalue weighted by atomic mass is 9.99. The van der Waals surface area contributed by atoms with E-state index in [0.29, 0.717) is 42.9 Å². The number of carbonyl (C=O) groups is 2. The molecule has 31 heavy (non-hydrogen) atoms. The summed E-state index contributed by atoms with van der Waals surface area (Å²) in [5, 5.41) is 25.3. The van der Waals surface area contributed by atoms with E-state index >= 15 is 0 Å². The van der Waals surface area contributed by atoms with Crippen molar-refractivity contribution in [1.82, 2.24) is 15.6 Å². The van der Waals surface area contributed by atoms with Crippen molar-refractivity contribution >= 4 is 17.7 Å². The van der Waals surface area contributed by atoms with Crippen LogP contribution in [0.2, 0.25) is 0 Å². The molecule has 0 saturated heterocycles. The van der Waals surface area contributed by atoms with Crippen LogP contribution >= 0.6 is 0 Å². The number of carboxylic acids is 1. The summed E-state index contributed by atoms with van der Waals surface area (Å²) in [6.07, 6.45) is 3.25. The largest absolute Gasteiger partial charge is 0.489 e. The number of ether oxygens (including phenoxy) is 1. The summed E-state index contributed by atoms with van der Waals surface area (Å²) in [7, 11) is 0. The molecule has 1 aliphatic heterocycles. The minimum Gasteiger partial charge on any atom is -0.489 e. The highest BCUT2D eigenvalue weighted by Gasteiger charge is 2.51. The number of anilines is 1. The molecule has 1 amide bonds. The number of aryl methyl sites for hydroxylation is 1. The van der Waals surface area contributed by atoms with Crippen LogP contribution in [-0.2, 0) is 11.2 Å². The fraction of sp³-hybridized carbons (Fsp3) is 0.409. The molecule has 0 bridgehead atoms. The lowest BCUT2D eigenvalue weighted by Gasteiger charge is -2.27. The topological polar surface area (TPSA) is 147 Å². The van der Waals surface area contributed by atoms with E-state index in [4.69, 9.17) is 10.5 Å². The predicted octanol–water partition coefficient (Wildman–Crippen LogP) is 1.03. The van der Waals surface area contributed by atoms with Gasteiger partial charge in [0.2, 0.25) is 0 Å². The Morgan fingerprint density at radius 3 is 2.77 bits per heavy atom. The van der Waals surface area contributed by atoms with Crippen molar-refractivity contribution in [1.29, 1.82) is 0 Å². The summed E-state index contributed by atoms with van der Waals surface area (Å²) in [4.78, 5) is 27.7. The number of nitrogens with two attached hydrogens (primary N) is 1. The van der Waals surface area contributed by atoms with Gasteiger partial charge in [-0.3, -0.25) is 4.79 Å². The van der Waals surface area contributed by atoms with Crippen LogP contribution < -0.4 is 21.1 Å². The van der Waals surface area contributed by atoms with Crippen LogP contribution in [0.1, 0.15) is 46.9 Å². The van der Waals surface area contributed by atoms with E-state index in [2.05, 4.69) is 15.6 Å². The van der Waals surface area contributed by atoms with Crippen LogP contribution in [0, 0.1) is 0 Å². The van der Waals surface area contributed by atoms with Crippen molar-refractivity contribution in [2.45, 2.75) is 43.4 Å². The highest BCUT2D eigenvalue weighted by Crippen LogP contribution is 2.36. The second kappa shape index (κ2) is 8.52. The zero-order valence-corrected chi connectivity index (χ0v) is 17.0. The number of pyridine rings is 1. The van der Waals surface area contributed by atoms with E-state index in [1.54, 1.807) is 36.5 Å². The van der Waals surface area contributed by atoms with Crippen molar-refractivity contribution in [3.8, 4) is 5.75 Å². The first-order chi connectivity index (χ1) is 14.9. The van der Waals surface area contributed by atoms with Crippen LogP contribution in [0.5, 0.6) is 5.75 Å². The lowest BCUT2D eigenvalue weighted by molar-refractivity contribution is -0.140. The number of aliphatic hydroxyl groups is 1. The molecule has 6 N–H and O–H groups in total. The zero-order valence-electron chi connectivity index (χ0n) is 17.0. The number of nitrogens with one attached hydrogen (secondary N) is 2. The maximum absolute atomic E-state index is 12.4. The van der Waals surface area contributed by atoms with Crippen LogP contribution in [-0.4, -0.2) is 51.8 Å². The number of hydrogen-bond donors (Lipinski definition) is 5. The number of hydrogen-bond acceptors (Lipinski definition) is 7. The summed E-state index contributed by atoms with van der Waals surface area (Å²) in [6.45, 7) is 0.936. The minimum absolute atomic E-state index is 0.0503. The number of nitrogens with zero attached hydrogens (tertiary/aromatic N) is 1. The van der Waals surface area contributed by atoms with Gasteiger partial charge in [-0.25, -0.2) is 9.78 Å². The number of aliphatic hydroxyl groups excluding tert-OH is 1. The Morgan fingerprint density at radius 1 is 1.29 bits per heavy atom. The number of aromatic nitrogens is 1. The Morgan fingerprint density at radius 2 is 2.10 bits per heavy atom. The Bertz CT molecular complexity index is 974. The monoisotopic (exact) mass is 426 g/mol. The van der Waals surface area contributed by atoms with Gasteiger partial charge >= 0.3 is 5.97 Å². The Labute approximate surface area is 179 Å². The molecule has 2 atom stereocenters. The molecule has 2 heterocycles. The summed E-state index contributed by atoms with van der Waals surface area (Å²) < 4.78 is 6.02. The minimum atomic E-state index is -1.10. The van der Waals surface area contributed by atoms with Gasteiger partial charge in [0.1, 0.15) is 23.2 Å². The number of benzene rings is 1. The molecule has 2 aromatic rings. The fourth-order valence-electron chi connectivity index (χ4n) is 3.65. The van der Waals surface area contributed by atoms with E-state index in [1.807, 2.05) is 0 Å². The predicted molar refractivity (Wildman–Crippen MR) is 113 cm³/mol. The van der Waals surface area contributed by atoms with Gasteiger partial charge in [0.05, 0.1) is 6.10 Å². The highest BCUT2D eigenvalue weighted by molar-refractivity contribution is 5.99. The smallest absolute Gasteiger partial charge is 0.329 e. The number of carboxylic acid groups (broad SMARTS) is 1. The van der Waals surface area contributed by atoms with Gasteiger partial charge in [0.25, 0.3) is 5.91 Å². The molecule has 9 nitrogen and oxygen atoms in total. The van der Waals surface area contributed by atoms with Gasteiger partial charge in [-0.05, 0) is 55.5 Å². The SMILES string of the molecule is Nc1ccc([C@@H](O)CNC[C@H]2CCc3cc(C(=O)NC4(C(=O)O)CC4)ccc3O2)cn1. The third-order valence-corrected chi connectivity index (χ3v) is 5.77. The second-order valence-corrected chi connectivity index (χ2v) is 8.13. The van der Waals surface area contributed by atoms with E-state index < -0.39 is 17.6 Å². The van der Waals surface area contributed by atoms with Crippen LogP contribution in [0.15, 0.2) is 36.5 Å². The van der Waals surface area contributed by atoms with Gasteiger partial charge in [-0.2, -0.15) is 0 Å². The van der Waals surface area contributed by atoms with Crippen LogP contribution in [0.25, 0.3) is 0 Å². The molecule has 1 aliphatic carbocycles. The van der Waals surface area contributed by atoms with Crippen molar-refractivity contribution in [2.24, 2.45) is 0 Å². The van der Waals surface area contributed by atoms with Gasteiger partial charge < -0.3 is 31.3 Å². The first kappa shape index (κ1) is 21.1. The van der Waals surface area contributed by atoms with E-state index in [1.165, 1.54) is 0 Å². The summed E-state index contributed by atoms with van der Waals surface area (Å²) in [5.74, 6) is -0.238. The zero-order chi connectivity index (χ0) is 22.0. The van der Waals surface area contributed by atoms with Crippen LogP contribution in [0.3, 0.4) is 0 Å². The molecule has 1 aromatic carbocycles. The van der Waals surface area contributed by atoms with Crippen LogP contribution in [0.4, 0.5) is 5.82 Å².